The summed E-state index contributed by atoms with van der Waals surface area (Å²) >= 11 is 18.3. The van der Waals surface area contributed by atoms with E-state index >= 15 is 0 Å². The van der Waals surface area contributed by atoms with Crippen molar-refractivity contribution in [3.05, 3.63) is 86.2 Å². The van der Waals surface area contributed by atoms with E-state index in [0.717, 1.165) is 15.5 Å². The first-order chi connectivity index (χ1) is 18.6. The van der Waals surface area contributed by atoms with E-state index in [4.69, 9.17) is 34.8 Å². The van der Waals surface area contributed by atoms with E-state index in [0.29, 0.717) is 16.1 Å². The fraction of sp³-hybridized carbons (Fsp3) is 0.292. The van der Waals surface area contributed by atoms with E-state index in [9.17, 15) is 31.9 Å². The van der Waals surface area contributed by atoms with Gasteiger partial charge in [0.05, 0.1) is 28.9 Å². The number of aliphatic hydroxyl groups is 1. The largest absolute Gasteiger partial charge is 0.385 e. The Morgan fingerprint density at radius 1 is 1.20 bits per heavy atom. The minimum Gasteiger partial charge on any atom is -0.385 e. The Labute approximate surface area is 243 Å². The molecule has 0 bridgehead atoms. The summed E-state index contributed by atoms with van der Waals surface area (Å²) < 4.78 is 55.2. The molecule has 10 nitrogen and oxygen atoms in total. The number of benzene rings is 2. The molecule has 0 aliphatic carbocycles. The summed E-state index contributed by atoms with van der Waals surface area (Å²) in [7, 11) is -3.66. The molecular weight excluding hydrogens is 615 g/mol. The normalized spacial score (nSPS) is 13.6. The Balaban J connectivity index is 1.96. The first kappa shape index (κ1) is 31.7. The second-order valence-electron chi connectivity index (χ2n) is 8.66. The molecule has 0 saturated carbocycles. The Morgan fingerprint density at radius 2 is 1.85 bits per heavy atom. The van der Waals surface area contributed by atoms with Crippen LogP contribution >= 0.6 is 34.8 Å². The average Bonchev–Trinajstić information content (AvgIpc) is 3.18. The number of carbonyl (C=O) groups excluding carboxylic acids is 1. The lowest BCUT2D eigenvalue weighted by molar-refractivity contribution is -0.122. The van der Waals surface area contributed by atoms with Gasteiger partial charge < -0.3 is 10.4 Å². The van der Waals surface area contributed by atoms with Gasteiger partial charge in [-0.25, -0.2) is 22.6 Å². The monoisotopic (exact) mass is 637 g/mol. The molecule has 3 aromatic rings. The third-order valence-corrected chi connectivity index (χ3v) is 7.41. The molecule has 1 aromatic heterocycles. The summed E-state index contributed by atoms with van der Waals surface area (Å²) in [6, 6.07) is 9.52. The van der Waals surface area contributed by atoms with Gasteiger partial charge in [0.15, 0.2) is 5.82 Å². The second kappa shape index (κ2) is 12.8. The van der Waals surface area contributed by atoms with E-state index < -0.39 is 52.8 Å². The summed E-state index contributed by atoms with van der Waals surface area (Å²) in [4.78, 5) is 26.2. The van der Waals surface area contributed by atoms with Crippen molar-refractivity contribution in [3.63, 3.8) is 0 Å². The van der Waals surface area contributed by atoms with Crippen LogP contribution in [0.25, 0.3) is 11.4 Å². The molecule has 40 heavy (non-hydrogen) atoms. The molecular formula is C24H24Cl3F2N5O5S. The van der Waals surface area contributed by atoms with Gasteiger partial charge in [-0.2, -0.15) is 8.78 Å². The number of halogens is 5. The van der Waals surface area contributed by atoms with E-state index in [-0.39, 0.29) is 28.5 Å². The third-order valence-electron chi connectivity index (χ3n) is 5.63. The lowest BCUT2D eigenvalue weighted by Gasteiger charge is -2.21. The van der Waals surface area contributed by atoms with E-state index in [1.165, 1.54) is 36.4 Å². The number of nitrogens with zero attached hydrogens (tertiary/aromatic N) is 3. The number of hydrogen-bond acceptors (Lipinski definition) is 6. The van der Waals surface area contributed by atoms with Crippen molar-refractivity contribution in [3.8, 4) is 11.4 Å². The highest BCUT2D eigenvalue weighted by atomic mass is 35.5. The van der Waals surface area contributed by atoms with Crippen molar-refractivity contribution in [2.24, 2.45) is 0 Å². The number of nitrogens with one attached hydrogen (secondary N) is 2. The molecule has 16 heteroatoms. The van der Waals surface area contributed by atoms with Crippen LogP contribution in [0.1, 0.15) is 11.6 Å². The van der Waals surface area contributed by atoms with E-state index in [1.54, 1.807) is 6.07 Å². The number of rotatable bonds is 12. The molecule has 0 spiro atoms. The summed E-state index contributed by atoms with van der Waals surface area (Å²) in [5, 5.41) is 17.4. The maximum Gasteiger partial charge on any atom is 0.346 e. The van der Waals surface area contributed by atoms with E-state index in [2.05, 4.69) is 21.7 Å². The predicted molar refractivity (Wildman–Crippen MR) is 148 cm³/mol. The van der Waals surface area contributed by atoms with Gasteiger partial charge in [0.2, 0.25) is 15.9 Å². The highest BCUT2D eigenvalue weighted by molar-refractivity contribution is 7.88. The quantitative estimate of drug-likeness (QED) is 0.261. The van der Waals surface area contributed by atoms with Crippen LogP contribution in [0, 0.1) is 0 Å². The van der Waals surface area contributed by atoms with Crippen molar-refractivity contribution in [2.45, 2.75) is 31.2 Å². The van der Waals surface area contributed by atoms with Gasteiger partial charge in [0, 0.05) is 17.1 Å². The standard InChI is InChI=1S/C24H24Cl3F2N5O5S/c1-3-24(28,29)19(35)12-33-22(14-7-9-15(25)10-8-14)32-34(23(33)37)13-20(36)31-18(11-30-40(2,38)39)16-5-4-6-17(26)21(16)27/h3-10,18-19,30,35H,1,11-13H2,2H3,(H,31,36). The Bertz CT molecular complexity index is 1560. The van der Waals surface area contributed by atoms with Gasteiger partial charge in [-0.1, -0.05) is 53.5 Å². The first-order valence-corrected chi connectivity index (χ1v) is 14.5. The van der Waals surface area contributed by atoms with Gasteiger partial charge in [0.25, 0.3) is 5.92 Å². The molecule has 0 aliphatic rings. The van der Waals surface area contributed by atoms with Crippen LogP contribution in [-0.4, -0.2) is 58.6 Å². The maximum absolute atomic E-state index is 14.0. The molecule has 2 unspecified atom stereocenters. The number of aliphatic hydroxyl groups excluding tert-OH is 1. The molecule has 3 N–H and O–H groups in total. The van der Waals surface area contributed by atoms with Gasteiger partial charge in [-0.3, -0.25) is 9.36 Å². The SMILES string of the molecule is C=CC(F)(F)C(O)Cn1c(-c2ccc(Cl)cc2)nn(CC(=O)NC(CNS(C)(=O)=O)c2cccc(Cl)c2Cl)c1=O. The van der Waals surface area contributed by atoms with Gasteiger partial charge >= 0.3 is 5.69 Å². The van der Waals surface area contributed by atoms with Gasteiger partial charge in [-0.05, 0) is 42.0 Å². The Morgan fingerprint density at radius 3 is 2.45 bits per heavy atom. The molecule has 2 aromatic carbocycles. The van der Waals surface area contributed by atoms with Crippen molar-refractivity contribution in [1.82, 2.24) is 24.4 Å². The fourth-order valence-corrected chi connectivity index (χ4v) is 4.63. The average molecular weight is 639 g/mol. The summed E-state index contributed by atoms with van der Waals surface area (Å²) in [5.74, 6) is -4.61. The number of hydrogen-bond donors (Lipinski definition) is 3. The van der Waals surface area contributed by atoms with Crippen molar-refractivity contribution >= 4 is 50.7 Å². The van der Waals surface area contributed by atoms with Crippen LogP contribution in [0.3, 0.4) is 0 Å². The number of aromatic nitrogens is 3. The maximum atomic E-state index is 14.0. The van der Waals surface area contributed by atoms with Gasteiger partial charge in [-0.15, -0.1) is 5.10 Å². The van der Waals surface area contributed by atoms with Crippen LogP contribution in [-0.2, 0) is 27.9 Å². The minimum absolute atomic E-state index is 0.0772. The number of alkyl halides is 2. The molecule has 216 valence electrons. The molecule has 0 fully saturated rings. The molecule has 1 amide bonds. The molecule has 2 atom stereocenters. The zero-order valence-corrected chi connectivity index (χ0v) is 23.9. The van der Waals surface area contributed by atoms with Crippen LogP contribution in [0.5, 0.6) is 0 Å². The lowest BCUT2D eigenvalue weighted by Crippen LogP contribution is -2.41. The number of sulfonamides is 1. The highest BCUT2D eigenvalue weighted by Crippen LogP contribution is 2.30. The molecule has 0 radical (unpaired) electrons. The Kier molecular flexibility index (Phi) is 10.1. The highest BCUT2D eigenvalue weighted by Gasteiger charge is 2.36. The minimum atomic E-state index is -3.72. The van der Waals surface area contributed by atoms with Crippen molar-refractivity contribution < 1.29 is 27.1 Å². The molecule has 0 aliphatic heterocycles. The number of amides is 1. The van der Waals surface area contributed by atoms with Crippen LogP contribution in [0.2, 0.25) is 15.1 Å². The Hall–Kier alpha value is -2.81. The summed E-state index contributed by atoms with van der Waals surface area (Å²) in [5.41, 5.74) is -0.366. The van der Waals surface area contributed by atoms with Crippen LogP contribution in [0.15, 0.2) is 59.9 Å². The van der Waals surface area contributed by atoms with E-state index in [1.807, 2.05) is 0 Å². The summed E-state index contributed by atoms with van der Waals surface area (Å²) in [6.07, 6.45) is -1.13. The first-order valence-electron chi connectivity index (χ1n) is 11.4. The lowest BCUT2D eigenvalue weighted by atomic mass is 10.1. The smallest absolute Gasteiger partial charge is 0.346 e. The van der Waals surface area contributed by atoms with Gasteiger partial charge in [0.1, 0.15) is 12.6 Å². The van der Waals surface area contributed by atoms with Crippen molar-refractivity contribution in [1.29, 1.82) is 0 Å². The molecule has 3 rings (SSSR count). The third kappa shape index (κ3) is 7.89. The number of carbonyl (C=O) groups is 1. The van der Waals surface area contributed by atoms with Crippen molar-refractivity contribution in [2.75, 3.05) is 12.8 Å². The van der Waals surface area contributed by atoms with Crippen LogP contribution < -0.4 is 15.7 Å². The fourth-order valence-electron chi connectivity index (χ4n) is 3.59. The predicted octanol–water partition coefficient (Wildman–Crippen LogP) is 3.26. The zero-order chi connectivity index (χ0) is 29.8. The van der Waals surface area contributed by atoms with Crippen LogP contribution in [0.4, 0.5) is 8.78 Å². The summed E-state index contributed by atoms with van der Waals surface area (Å²) in [6.45, 7) is 1.15. The molecule has 1 heterocycles. The zero-order valence-electron chi connectivity index (χ0n) is 20.8. The molecule has 0 saturated heterocycles. The topological polar surface area (TPSA) is 135 Å². The second-order valence-corrected chi connectivity index (χ2v) is 11.7.